The lowest BCUT2D eigenvalue weighted by Crippen LogP contribution is -2.41. The van der Waals surface area contributed by atoms with Crippen molar-refractivity contribution < 1.29 is 26.3 Å². The molecule has 0 aliphatic carbocycles. The molecule has 1 fully saturated rings. The van der Waals surface area contributed by atoms with E-state index in [1.165, 1.54) is 0 Å². The van der Waals surface area contributed by atoms with Gasteiger partial charge in [0.2, 0.25) is 0 Å². The van der Waals surface area contributed by atoms with Crippen LogP contribution in [0.4, 0.5) is 26.3 Å². The Hall–Kier alpha value is -0.950. The van der Waals surface area contributed by atoms with E-state index in [1.54, 1.807) is 0 Å². The van der Waals surface area contributed by atoms with Crippen LogP contribution in [0.25, 0.3) is 0 Å². The van der Waals surface area contributed by atoms with Crippen LogP contribution in [0.15, 0.2) is 18.2 Å². The summed E-state index contributed by atoms with van der Waals surface area (Å²) in [7, 11) is 0. The van der Waals surface area contributed by atoms with Gasteiger partial charge in [-0.2, -0.15) is 26.3 Å². The molecular weight excluding hydrogens is 296 g/mol. The Morgan fingerprint density at radius 3 is 1.89 bits per heavy atom. The van der Waals surface area contributed by atoms with Gasteiger partial charge in [-0.3, -0.25) is 0 Å². The molecular formula is C11H10ClF6N. The number of alkyl halides is 6. The lowest BCUT2D eigenvalue weighted by atomic mass is 9.88. The standard InChI is InChI=1S/C11H9F6N.ClH/c12-10(13,14)7-1-2-9(11(15,16)17)8(3-7)6-4-18-5-6;/h1-3,6,18H,4-5H2;1H. The number of nitrogens with one attached hydrogen (secondary N) is 1. The molecule has 1 nitrogen and oxygen atoms in total. The number of benzene rings is 1. The molecule has 0 radical (unpaired) electrons. The Labute approximate surface area is 111 Å². The SMILES string of the molecule is Cl.FC(F)(F)c1ccc(C(F)(F)F)c(C2CNC2)c1. The van der Waals surface area contributed by atoms with E-state index in [9.17, 15) is 26.3 Å². The predicted octanol–water partition coefficient (Wildman–Crippen LogP) is 3.83. The lowest BCUT2D eigenvalue weighted by Gasteiger charge is -2.30. The van der Waals surface area contributed by atoms with E-state index in [0.717, 1.165) is 0 Å². The van der Waals surface area contributed by atoms with Crippen molar-refractivity contribution in [2.75, 3.05) is 13.1 Å². The van der Waals surface area contributed by atoms with E-state index in [4.69, 9.17) is 0 Å². The van der Waals surface area contributed by atoms with Crippen molar-refractivity contribution in [2.24, 2.45) is 0 Å². The van der Waals surface area contributed by atoms with Crippen LogP contribution in [0.1, 0.15) is 22.6 Å². The van der Waals surface area contributed by atoms with Gasteiger partial charge >= 0.3 is 12.4 Å². The van der Waals surface area contributed by atoms with Crippen molar-refractivity contribution in [3.8, 4) is 0 Å². The summed E-state index contributed by atoms with van der Waals surface area (Å²) in [5.41, 5.74) is -2.31. The highest BCUT2D eigenvalue weighted by molar-refractivity contribution is 5.85. The van der Waals surface area contributed by atoms with Crippen LogP contribution in [0.3, 0.4) is 0 Å². The van der Waals surface area contributed by atoms with Crippen LogP contribution in [0, 0.1) is 0 Å². The lowest BCUT2D eigenvalue weighted by molar-refractivity contribution is -0.142. The van der Waals surface area contributed by atoms with Gasteiger partial charge in [-0.1, -0.05) is 0 Å². The summed E-state index contributed by atoms with van der Waals surface area (Å²) in [4.78, 5) is 0. The third-order valence-electron chi connectivity index (χ3n) is 2.91. The van der Waals surface area contributed by atoms with Crippen LogP contribution in [-0.2, 0) is 12.4 Å². The fourth-order valence-corrected chi connectivity index (χ4v) is 1.84. The minimum atomic E-state index is -4.63. The number of hydrogen-bond acceptors (Lipinski definition) is 1. The molecule has 8 heteroatoms. The van der Waals surface area contributed by atoms with Crippen molar-refractivity contribution in [2.45, 2.75) is 18.3 Å². The third kappa shape index (κ3) is 3.33. The summed E-state index contributed by atoms with van der Waals surface area (Å²) >= 11 is 0. The fraction of sp³-hybridized carbons (Fsp3) is 0.455. The van der Waals surface area contributed by atoms with Gasteiger partial charge in [0.25, 0.3) is 0 Å². The van der Waals surface area contributed by atoms with E-state index < -0.39 is 29.4 Å². The zero-order valence-corrected chi connectivity index (χ0v) is 10.2. The Bertz CT molecular complexity index is 449. The zero-order chi connectivity index (χ0) is 13.6. The maximum absolute atomic E-state index is 12.7. The second-order valence-electron chi connectivity index (χ2n) is 4.15. The van der Waals surface area contributed by atoms with Crippen molar-refractivity contribution in [1.82, 2.24) is 5.32 Å². The molecule has 0 aromatic heterocycles. The average Bonchev–Trinajstić information content (AvgIpc) is 2.11. The molecule has 0 bridgehead atoms. The molecule has 19 heavy (non-hydrogen) atoms. The van der Waals surface area contributed by atoms with Crippen molar-refractivity contribution in [3.63, 3.8) is 0 Å². The molecule has 0 amide bonds. The van der Waals surface area contributed by atoms with Gasteiger partial charge in [-0.15, -0.1) is 12.4 Å². The smallest absolute Gasteiger partial charge is 0.315 e. The number of halogens is 7. The summed E-state index contributed by atoms with van der Waals surface area (Å²) in [6.45, 7) is 0.536. The van der Waals surface area contributed by atoms with Gasteiger partial charge in [0.05, 0.1) is 11.1 Å². The first kappa shape index (κ1) is 16.1. The van der Waals surface area contributed by atoms with Crippen molar-refractivity contribution in [1.29, 1.82) is 0 Å². The number of hydrogen-bond donors (Lipinski definition) is 1. The second kappa shape index (κ2) is 5.20. The zero-order valence-electron chi connectivity index (χ0n) is 9.40. The van der Waals surface area contributed by atoms with E-state index in [-0.39, 0.29) is 31.1 Å². The van der Waals surface area contributed by atoms with Crippen LogP contribution in [0.5, 0.6) is 0 Å². The Balaban J connectivity index is 0.00000180. The highest BCUT2D eigenvalue weighted by Crippen LogP contribution is 2.39. The maximum atomic E-state index is 12.7. The van der Waals surface area contributed by atoms with Crippen LogP contribution < -0.4 is 5.32 Å². The molecule has 1 N–H and O–H groups in total. The summed E-state index contributed by atoms with van der Waals surface area (Å²) in [5, 5.41) is 2.75. The molecule has 108 valence electrons. The first-order valence-electron chi connectivity index (χ1n) is 5.18. The molecule has 1 aliphatic heterocycles. The van der Waals surface area contributed by atoms with Gasteiger partial charge in [0.1, 0.15) is 0 Å². The van der Waals surface area contributed by atoms with E-state index in [1.807, 2.05) is 0 Å². The minimum Gasteiger partial charge on any atom is -0.315 e. The summed E-state index contributed by atoms with van der Waals surface area (Å²) in [6, 6.07) is 1.59. The highest BCUT2D eigenvalue weighted by Gasteiger charge is 2.39. The van der Waals surface area contributed by atoms with Crippen LogP contribution in [-0.4, -0.2) is 13.1 Å². The van der Waals surface area contributed by atoms with Gasteiger partial charge in [-0.05, 0) is 23.8 Å². The van der Waals surface area contributed by atoms with Crippen LogP contribution in [0.2, 0.25) is 0 Å². The van der Waals surface area contributed by atoms with Gasteiger partial charge in [-0.25, -0.2) is 0 Å². The van der Waals surface area contributed by atoms with Gasteiger partial charge < -0.3 is 5.32 Å². The van der Waals surface area contributed by atoms with E-state index >= 15 is 0 Å². The molecule has 0 saturated carbocycles. The highest BCUT2D eigenvalue weighted by atomic mass is 35.5. The first-order chi connectivity index (χ1) is 8.19. The molecule has 0 unspecified atom stereocenters. The largest absolute Gasteiger partial charge is 0.416 e. The molecule has 1 aromatic carbocycles. The molecule has 2 rings (SSSR count). The topological polar surface area (TPSA) is 12.0 Å². The third-order valence-corrected chi connectivity index (χ3v) is 2.91. The van der Waals surface area contributed by atoms with Gasteiger partial charge in [0.15, 0.2) is 0 Å². The summed E-state index contributed by atoms with van der Waals surface area (Å²) in [6.07, 6.45) is -9.26. The summed E-state index contributed by atoms with van der Waals surface area (Å²) in [5.74, 6) is -0.510. The number of rotatable bonds is 1. The molecule has 1 heterocycles. The van der Waals surface area contributed by atoms with E-state index in [2.05, 4.69) is 5.32 Å². The van der Waals surface area contributed by atoms with Crippen LogP contribution >= 0.6 is 12.4 Å². The van der Waals surface area contributed by atoms with Gasteiger partial charge in [0, 0.05) is 19.0 Å². The second-order valence-corrected chi connectivity index (χ2v) is 4.15. The Morgan fingerprint density at radius 2 is 1.53 bits per heavy atom. The van der Waals surface area contributed by atoms with Crippen molar-refractivity contribution >= 4 is 12.4 Å². The molecule has 0 spiro atoms. The quantitative estimate of drug-likeness (QED) is 0.778. The first-order valence-corrected chi connectivity index (χ1v) is 5.18. The minimum absolute atomic E-state index is 0. The maximum Gasteiger partial charge on any atom is 0.416 e. The normalized spacial score (nSPS) is 16.7. The molecule has 1 saturated heterocycles. The Kier molecular flexibility index (Phi) is 4.41. The van der Waals surface area contributed by atoms with E-state index in [0.29, 0.717) is 18.2 Å². The predicted molar refractivity (Wildman–Crippen MR) is 59.3 cm³/mol. The fourth-order valence-electron chi connectivity index (χ4n) is 1.84. The Morgan fingerprint density at radius 1 is 0.947 bits per heavy atom. The monoisotopic (exact) mass is 305 g/mol. The van der Waals surface area contributed by atoms with Crippen molar-refractivity contribution in [3.05, 3.63) is 34.9 Å². The molecule has 1 aliphatic rings. The molecule has 0 atom stereocenters. The summed E-state index contributed by atoms with van der Waals surface area (Å²) < 4.78 is 75.5. The molecule has 1 aromatic rings. The average molecular weight is 306 g/mol.